The van der Waals surface area contributed by atoms with Crippen molar-refractivity contribution in [1.29, 1.82) is 0 Å². The van der Waals surface area contributed by atoms with Crippen molar-refractivity contribution in [3.05, 3.63) is 24.3 Å². The molecule has 0 aromatic heterocycles. The van der Waals surface area contributed by atoms with Gasteiger partial charge in [-0.25, -0.2) is 0 Å². The molecule has 0 aliphatic carbocycles. The smallest absolute Gasteiger partial charge is 0.249 e. The lowest BCUT2D eigenvalue weighted by Gasteiger charge is -2.27. The number of aliphatic hydroxyl groups is 4. The highest BCUT2D eigenvalue weighted by Crippen LogP contribution is 2.19. The third-order valence-corrected chi connectivity index (χ3v) is 16.4. The summed E-state index contributed by atoms with van der Waals surface area (Å²) in [6, 6.07) is -1.01. The fourth-order valence-electron chi connectivity index (χ4n) is 11.1. The van der Waals surface area contributed by atoms with Crippen molar-refractivity contribution in [3.63, 3.8) is 0 Å². The minimum Gasteiger partial charge on any atom is -0.394 e. The second-order valence-corrected chi connectivity index (χ2v) is 23.9. The van der Waals surface area contributed by atoms with E-state index in [-0.39, 0.29) is 0 Å². The molecule has 6 nitrogen and oxygen atoms in total. The lowest BCUT2D eigenvalue weighted by atomic mass is 10.00. The van der Waals surface area contributed by atoms with E-state index in [1.165, 1.54) is 308 Å². The van der Waals surface area contributed by atoms with Crippen molar-refractivity contribution in [1.82, 2.24) is 5.32 Å². The molecule has 5 N–H and O–H groups in total. The quantitative estimate of drug-likeness (QED) is 0.0308. The highest BCUT2D eigenvalue weighted by molar-refractivity contribution is 5.80. The van der Waals surface area contributed by atoms with Gasteiger partial charge in [0.2, 0.25) is 5.91 Å². The van der Waals surface area contributed by atoms with Gasteiger partial charge < -0.3 is 25.7 Å². The van der Waals surface area contributed by atoms with Crippen LogP contribution in [0.1, 0.15) is 380 Å². The molecule has 4 unspecified atom stereocenters. The molecule has 0 fully saturated rings. The van der Waals surface area contributed by atoms with E-state index < -0.39 is 36.9 Å². The normalized spacial score (nSPS) is 13.6. The Morgan fingerprint density at radius 3 is 0.840 bits per heavy atom. The molecule has 0 saturated carbocycles. The summed E-state index contributed by atoms with van der Waals surface area (Å²) in [6.07, 6.45) is 80.2. The average Bonchev–Trinajstić information content (AvgIpc) is 3.42. The van der Waals surface area contributed by atoms with Crippen LogP contribution >= 0.6 is 0 Å². The highest BCUT2D eigenvalue weighted by atomic mass is 16.3. The minimum absolute atomic E-state index is 0.365. The van der Waals surface area contributed by atoms with Crippen LogP contribution in [-0.4, -0.2) is 57.3 Å². The molecule has 0 aliphatic rings. The highest BCUT2D eigenvalue weighted by Gasteiger charge is 2.28. The molecular weight excluding hydrogens is 923 g/mol. The number of carbonyl (C=O) groups excluding carboxylic acids is 1. The molecule has 75 heavy (non-hydrogen) atoms. The van der Waals surface area contributed by atoms with Crippen molar-refractivity contribution in [2.75, 3.05) is 6.61 Å². The van der Waals surface area contributed by atoms with Gasteiger partial charge >= 0.3 is 0 Å². The van der Waals surface area contributed by atoms with Crippen LogP contribution in [0, 0.1) is 0 Å². The first kappa shape index (κ1) is 73.8. The molecule has 6 heteroatoms. The monoisotopic (exact) mass is 1060 g/mol. The van der Waals surface area contributed by atoms with Crippen molar-refractivity contribution < 1.29 is 25.2 Å². The van der Waals surface area contributed by atoms with Gasteiger partial charge in [-0.05, 0) is 51.4 Å². The number of amides is 1. The Morgan fingerprint density at radius 2 is 0.560 bits per heavy atom. The Bertz CT molecular complexity index is 1140. The number of hydrogen-bond donors (Lipinski definition) is 5. The summed E-state index contributed by atoms with van der Waals surface area (Å²) in [5.74, 6) is -0.589. The maximum atomic E-state index is 12.6. The topological polar surface area (TPSA) is 110 Å². The molecule has 446 valence electrons. The van der Waals surface area contributed by atoms with Crippen LogP contribution in [0.4, 0.5) is 0 Å². The molecule has 0 aromatic rings. The van der Waals surface area contributed by atoms with Crippen molar-refractivity contribution in [2.45, 2.75) is 404 Å². The molecule has 0 rings (SSSR count). The van der Waals surface area contributed by atoms with Gasteiger partial charge in [-0.15, -0.1) is 0 Å². The molecule has 0 spiro atoms. The van der Waals surface area contributed by atoms with Crippen molar-refractivity contribution in [2.24, 2.45) is 0 Å². The van der Waals surface area contributed by atoms with Gasteiger partial charge in [0.05, 0.1) is 18.8 Å². The fourth-order valence-corrected chi connectivity index (χ4v) is 11.1. The third kappa shape index (κ3) is 57.3. The van der Waals surface area contributed by atoms with E-state index in [1.807, 2.05) is 0 Å². The van der Waals surface area contributed by atoms with E-state index in [2.05, 4.69) is 43.5 Å². The first-order chi connectivity index (χ1) is 37.0. The van der Waals surface area contributed by atoms with E-state index >= 15 is 0 Å². The van der Waals surface area contributed by atoms with Gasteiger partial charge in [0.25, 0.3) is 0 Å². The van der Waals surface area contributed by atoms with Crippen LogP contribution in [0.3, 0.4) is 0 Å². The average molecular weight is 1060 g/mol. The number of hydrogen-bond acceptors (Lipinski definition) is 5. The maximum absolute atomic E-state index is 12.6. The first-order valence-electron chi connectivity index (χ1n) is 34.2. The first-order valence-corrected chi connectivity index (χ1v) is 34.2. The summed E-state index contributed by atoms with van der Waals surface area (Å²) in [4.78, 5) is 12.6. The van der Waals surface area contributed by atoms with Crippen LogP contribution in [-0.2, 0) is 4.79 Å². The molecule has 4 atom stereocenters. The standard InChI is InChI=1S/C69H135NO5/c1-3-5-7-9-11-13-15-17-19-21-23-25-27-29-31-32-33-34-35-37-39-41-43-45-47-49-51-53-55-57-59-61-63-67(73)69(75)70-65(64-71)68(74)66(72)62-60-58-56-54-52-50-48-46-44-42-40-38-36-30-28-26-24-22-20-18-16-14-12-10-8-6-4-2/h46,48,54,56,65-68,71-74H,3-45,47,49-53,55,57-64H2,1-2H3,(H,70,75)/b48-46+,56-54+. The maximum Gasteiger partial charge on any atom is 0.249 e. The van der Waals surface area contributed by atoms with Crippen molar-refractivity contribution in [3.8, 4) is 0 Å². The molecule has 0 bridgehead atoms. The second-order valence-electron chi connectivity index (χ2n) is 23.9. The molecule has 0 saturated heterocycles. The minimum atomic E-state index is -1.29. The van der Waals surface area contributed by atoms with Crippen LogP contribution in [0.15, 0.2) is 24.3 Å². The zero-order chi connectivity index (χ0) is 54.4. The van der Waals surface area contributed by atoms with Gasteiger partial charge in [0.1, 0.15) is 12.2 Å². The Morgan fingerprint density at radius 1 is 0.320 bits per heavy atom. The molecule has 0 aliphatic heterocycles. The Kier molecular flexibility index (Phi) is 62.6. The van der Waals surface area contributed by atoms with Gasteiger partial charge in [-0.3, -0.25) is 4.79 Å². The summed E-state index contributed by atoms with van der Waals surface area (Å²) < 4.78 is 0. The van der Waals surface area contributed by atoms with Crippen molar-refractivity contribution >= 4 is 5.91 Å². The number of nitrogens with one attached hydrogen (secondary N) is 1. The van der Waals surface area contributed by atoms with Crippen LogP contribution in [0.2, 0.25) is 0 Å². The lowest BCUT2D eigenvalue weighted by Crippen LogP contribution is -2.53. The van der Waals surface area contributed by atoms with E-state index in [0.717, 1.165) is 38.5 Å². The van der Waals surface area contributed by atoms with Crippen LogP contribution in [0.5, 0.6) is 0 Å². The Balaban J connectivity index is 3.57. The van der Waals surface area contributed by atoms with Gasteiger partial charge in [0.15, 0.2) is 0 Å². The summed E-state index contributed by atoms with van der Waals surface area (Å²) in [6.45, 7) is 4.10. The summed E-state index contributed by atoms with van der Waals surface area (Å²) >= 11 is 0. The van der Waals surface area contributed by atoms with Crippen LogP contribution in [0.25, 0.3) is 0 Å². The largest absolute Gasteiger partial charge is 0.394 e. The van der Waals surface area contributed by atoms with Gasteiger partial charge in [0, 0.05) is 0 Å². The van der Waals surface area contributed by atoms with Crippen LogP contribution < -0.4 is 5.32 Å². The number of aliphatic hydroxyl groups excluding tert-OH is 4. The van der Waals surface area contributed by atoms with E-state index in [4.69, 9.17) is 0 Å². The molecule has 0 radical (unpaired) electrons. The molecular formula is C69H135NO5. The number of rotatable bonds is 64. The predicted octanol–water partition coefficient (Wildman–Crippen LogP) is 20.9. The fraction of sp³-hybridized carbons (Fsp3) is 0.928. The SMILES string of the molecule is CCCCCCCCCCCCCCCCCCCC/C=C/CC/C=C/CCCC(O)C(O)C(CO)NC(=O)C(O)CCCCCCCCCCCCCCCCCCCCCCCCCCCCCCCCCC. The zero-order valence-electron chi connectivity index (χ0n) is 50.8. The Hall–Kier alpha value is -1.21. The molecule has 0 aromatic carbocycles. The lowest BCUT2D eigenvalue weighted by molar-refractivity contribution is -0.132. The predicted molar refractivity (Wildman–Crippen MR) is 330 cm³/mol. The third-order valence-electron chi connectivity index (χ3n) is 16.4. The van der Waals surface area contributed by atoms with Gasteiger partial charge in [-0.2, -0.15) is 0 Å². The molecule has 1 amide bonds. The summed E-state index contributed by atoms with van der Waals surface area (Å²) in [7, 11) is 0. The number of allylic oxidation sites excluding steroid dienone is 4. The summed E-state index contributed by atoms with van der Waals surface area (Å²) in [5.41, 5.74) is 0. The molecule has 0 heterocycles. The second kappa shape index (κ2) is 63.6. The summed E-state index contributed by atoms with van der Waals surface area (Å²) in [5, 5.41) is 44.2. The van der Waals surface area contributed by atoms with Gasteiger partial charge in [-0.1, -0.05) is 353 Å². The van der Waals surface area contributed by atoms with E-state index in [9.17, 15) is 25.2 Å². The number of unbranched alkanes of at least 4 members (excludes halogenated alkanes) is 51. The van der Waals surface area contributed by atoms with E-state index in [0.29, 0.717) is 19.3 Å². The Labute approximate surface area is 469 Å². The van der Waals surface area contributed by atoms with E-state index in [1.54, 1.807) is 0 Å². The number of carbonyl (C=O) groups is 1. The zero-order valence-corrected chi connectivity index (χ0v) is 50.8.